The average molecular weight is 462 g/mol. The first-order chi connectivity index (χ1) is 14.9. The summed E-state index contributed by atoms with van der Waals surface area (Å²) in [5.41, 5.74) is -5.26. The largest absolute Gasteiger partial charge is 0.496 e. The van der Waals surface area contributed by atoms with Crippen LogP contribution >= 0.6 is 0 Å². The third-order valence-corrected chi connectivity index (χ3v) is 5.94. The van der Waals surface area contributed by atoms with E-state index >= 15 is 0 Å². The molecule has 10 heteroatoms. The number of hydrogen-bond acceptors (Lipinski definition) is 4. The minimum Gasteiger partial charge on any atom is -0.496 e. The van der Waals surface area contributed by atoms with Crippen molar-refractivity contribution in [2.24, 2.45) is 11.8 Å². The highest BCUT2D eigenvalue weighted by Gasteiger charge is 2.71. The number of hydrogen-bond donors (Lipinski definition) is 2. The third kappa shape index (κ3) is 4.44. The molecule has 1 aliphatic heterocycles. The van der Waals surface area contributed by atoms with Crippen LogP contribution in [0, 0.1) is 5.92 Å². The van der Waals surface area contributed by atoms with Gasteiger partial charge in [0.25, 0.3) is 5.60 Å². The first kappa shape index (κ1) is 24.3. The lowest BCUT2D eigenvalue weighted by Crippen LogP contribution is -2.54. The fraction of sp³-hybridized carbons (Fsp3) is 0.455. The zero-order chi connectivity index (χ0) is 23.7. The van der Waals surface area contributed by atoms with Crippen LogP contribution in [-0.2, 0) is 12.0 Å². The maximum Gasteiger partial charge on any atom is 0.430 e. The predicted molar refractivity (Wildman–Crippen MR) is 106 cm³/mol. The van der Waals surface area contributed by atoms with Gasteiger partial charge >= 0.3 is 12.4 Å². The topological polar surface area (TPSA) is 58.7 Å². The van der Waals surface area contributed by atoms with Gasteiger partial charge in [0.1, 0.15) is 5.75 Å². The Kier molecular flexibility index (Phi) is 6.78. The Labute approximate surface area is 181 Å². The smallest absolute Gasteiger partial charge is 0.430 e. The molecule has 2 aromatic rings. The monoisotopic (exact) mass is 462 g/mol. The summed E-state index contributed by atoms with van der Waals surface area (Å²) in [6.07, 6.45) is -10.4. The van der Waals surface area contributed by atoms with Gasteiger partial charge in [0.15, 0.2) is 0 Å². The molecule has 0 bridgehead atoms. The van der Waals surface area contributed by atoms with Crippen molar-refractivity contribution >= 4 is 0 Å². The molecule has 0 radical (unpaired) electrons. The molecule has 4 nitrogen and oxygen atoms in total. The van der Waals surface area contributed by atoms with Gasteiger partial charge in [-0.2, -0.15) is 26.3 Å². The summed E-state index contributed by atoms with van der Waals surface area (Å²) in [6.45, 7) is 0.606. The highest BCUT2D eigenvalue weighted by Crippen LogP contribution is 2.51. The summed E-state index contributed by atoms with van der Waals surface area (Å²) in [5, 5.41) is 11.4. The van der Waals surface area contributed by atoms with E-state index in [0.717, 1.165) is 24.1 Å². The lowest BCUT2D eigenvalue weighted by atomic mass is 9.80. The Morgan fingerprint density at radius 2 is 1.66 bits per heavy atom. The molecule has 176 valence electrons. The Balaban J connectivity index is 2.04. The number of piperidine rings is 1. The van der Waals surface area contributed by atoms with Crippen LogP contribution in [0.2, 0.25) is 0 Å². The third-order valence-electron chi connectivity index (χ3n) is 5.94. The number of nitrogens with two attached hydrogens (primary N) is 1. The summed E-state index contributed by atoms with van der Waals surface area (Å²) in [6, 6.07) is 11.3. The molecular weight excluding hydrogens is 438 g/mol. The molecule has 0 amide bonds. The number of hydrazine groups is 1. The number of alkyl halides is 6. The highest BCUT2D eigenvalue weighted by molar-refractivity contribution is 5.41. The summed E-state index contributed by atoms with van der Waals surface area (Å²) in [4.78, 5) is 0. The van der Waals surface area contributed by atoms with Crippen molar-refractivity contribution in [1.82, 2.24) is 5.01 Å². The quantitative estimate of drug-likeness (QED) is 0.492. The standard InChI is InChI=1S/C22H24F6N2O2/c1-32-18-10-9-17(20(31,21(23,24)25)22(26,27)28)13-16(18)12-15-8-5-11-30(29)19(15)14-6-3-2-4-7-14/h2-4,6-7,9-10,13,15,19,31H,5,8,11-12,29H2,1H3/t15-,19+/m0/s1. The van der Waals surface area contributed by atoms with Crippen LogP contribution in [0.3, 0.4) is 0 Å². The van der Waals surface area contributed by atoms with E-state index in [1.165, 1.54) is 7.11 Å². The second kappa shape index (κ2) is 8.92. The normalized spacial score (nSPS) is 20.9. The number of methoxy groups -OCH3 is 1. The van der Waals surface area contributed by atoms with Crippen LogP contribution in [0.4, 0.5) is 26.3 Å². The molecule has 32 heavy (non-hydrogen) atoms. The van der Waals surface area contributed by atoms with E-state index in [0.29, 0.717) is 19.0 Å². The minimum atomic E-state index is -5.96. The summed E-state index contributed by atoms with van der Waals surface area (Å²) >= 11 is 0. The van der Waals surface area contributed by atoms with Gasteiger partial charge in [-0.05, 0) is 48.4 Å². The maximum absolute atomic E-state index is 13.4. The molecule has 0 unspecified atom stereocenters. The van der Waals surface area contributed by atoms with Crippen molar-refractivity contribution in [3.63, 3.8) is 0 Å². The van der Waals surface area contributed by atoms with Crippen molar-refractivity contribution in [3.8, 4) is 5.75 Å². The molecule has 0 aromatic heterocycles. The van der Waals surface area contributed by atoms with E-state index in [9.17, 15) is 31.4 Å². The molecule has 3 N–H and O–H groups in total. The number of halogens is 6. The minimum absolute atomic E-state index is 0.121. The molecule has 2 atom stereocenters. The van der Waals surface area contributed by atoms with Gasteiger partial charge in [0.05, 0.1) is 13.2 Å². The Bertz CT molecular complexity index is 903. The van der Waals surface area contributed by atoms with Crippen LogP contribution in [0.25, 0.3) is 0 Å². The SMILES string of the molecule is COc1ccc(C(O)(C(F)(F)F)C(F)(F)F)cc1C[C@@H]1CCCN(N)[C@@H]1c1ccccc1. The summed E-state index contributed by atoms with van der Waals surface area (Å²) in [5.74, 6) is 6.15. The van der Waals surface area contributed by atoms with E-state index < -0.39 is 23.5 Å². The van der Waals surface area contributed by atoms with Crippen LogP contribution in [0.15, 0.2) is 48.5 Å². The van der Waals surface area contributed by atoms with Gasteiger partial charge in [0.2, 0.25) is 0 Å². The molecule has 0 aliphatic carbocycles. The van der Waals surface area contributed by atoms with Crippen molar-refractivity contribution in [2.45, 2.75) is 43.3 Å². The zero-order valence-electron chi connectivity index (χ0n) is 17.2. The van der Waals surface area contributed by atoms with Gasteiger partial charge in [-0.3, -0.25) is 5.84 Å². The summed E-state index contributed by atoms with van der Waals surface area (Å²) < 4.78 is 85.4. The summed E-state index contributed by atoms with van der Waals surface area (Å²) in [7, 11) is 1.28. The number of ether oxygens (including phenoxy) is 1. The van der Waals surface area contributed by atoms with Crippen LogP contribution in [0.1, 0.15) is 35.6 Å². The second-order valence-electron chi connectivity index (χ2n) is 7.93. The molecule has 2 aromatic carbocycles. The zero-order valence-corrected chi connectivity index (χ0v) is 17.2. The van der Waals surface area contributed by atoms with Crippen LogP contribution in [-0.4, -0.2) is 36.1 Å². The lowest BCUT2D eigenvalue weighted by Gasteiger charge is -2.39. The van der Waals surface area contributed by atoms with Crippen molar-refractivity contribution < 1.29 is 36.2 Å². The van der Waals surface area contributed by atoms with E-state index in [4.69, 9.17) is 10.6 Å². The van der Waals surface area contributed by atoms with Gasteiger partial charge in [0, 0.05) is 12.1 Å². The van der Waals surface area contributed by atoms with Gasteiger partial charge < -0.3 is 9.84 Å². The van der Waals surface area contributed by atoms with Crippen molar-refractivity contribution in [1.29, 1.82) is 0 Å². The molecule has 1 saturated heterocycles. The number of rotatable bonds is 5. The fourth-order valence-electron chi connectivity index (χ4n) is 4.37. The maximum atomic E-state index is 13.4. The second-order valence-corrected chi connectivity index (χ2v) is 7.93. The number of benzene rings is 2. The molecule has 0 saturated carbocycles. The molecule has 3 rings (SSSR count). The highest BCUT2D eigenvalue weighted by atomic mass is 19.4. The van der Waals surface area contributed by atoms with Gasteiger partial charge in [-0.15, -0.1) is 0 Å². The lowest BCUT2D eigenvalue weighted by molar-refractivity contribution is -0.376. The van der Waals surface area contributed by atoms with Crippen LogP contribution in [0.5, 0.6) is 5.75 Å². The first-order valence-corrected chi connectivity index (χ1v) is 9.99. The molecule has 1 fully saturated rings. The molecule has 0 spiro atoms. The van der Waals surface area contributed by atoms with Crippen molar-refractivity contribution in [3.05, 3.63) is 65.2 Å². The van der Waals surface area contributed by atoms with E-state index in [-0.39, 0.29) is 29.7 Å². The molecule has 1 aliphatic rings. The Morgan fingerprint density at radius 1 is 1.03 bits per heavy atom. The van der Waals surface area contributed by atoms with Gasteiger partial charge in [-0.1, -0.05) is 36.4 Å². The average Bonchev–Trinajstić information content (AvgIpc) is 2.72. The van der Waals surface area contributed by atoms with Gasteiger partial charge in [-0.25, -0.2) is 5.01 Å². The van der Waals surface area contributed by atoms with Crippen LogP contribution < -0.4 is 10.6 Å². The van der Waals surface area contributed by atoms with E-state index in [1.807, 2.05) is 30.3 Å². The molecule has 1 heterocycles. The van der Waals surface area contributed by atoms with Crippen molar-refractivity contribution in [2.75, 3.05) is 13.7 Å². The van der Waals surface area contributed by atoms with E-state index in [2.05, 4.69) is 0 Å². The predicted octanol–water partition coefficient (Wildman–Crippen LogP) is 4.88. The fourth-order valence-corrected chi connectivity index (χ4v) is 4.37. The Hall–Kier alpha value is -2.30. The Morgan fingerprint density at radius 3 is 2.22 bits per heavy atom. The van der Waals surface area contributed by atoms with E-state index in [1.54, 1.807) is 5.01 Å². The number of nitrogens with zero attached hydrogens (tertiary/aromatic N) is 1. The molecular formula is C22H24F6N2O2. The first-order valence-electron chi connectivity index (χ1n) is 9.99. The number of aliphatic hydroxyl groups is 1.